The Kier molecular flexibility index (Phi) is 7.72. The lowest BCUT2D eigenvalue weighted by atomic mass is 10.1. The summed E-state index contributed by atoms with van der Waals surface area (Å²) < 4.78 is 4.92. The second-order valence-corrected chi connectivity index (χ2v) is 8.50. The van der Waals surface area contributed by atoms with Crippen LogP contribution in [0.1, 0.15) is 31.2 Å². The minimum absolute atomic E-state index is 0.164. The molecule has 0 saturated heterocycles. The van der Waals surface area contributed by atoms with Gasteiger partial charge >= 0.3 is 0 Å². The molecule has 162 valence electrons. The molecule has 1 heterocycles. The third-order valence-corrected chi connectivity index (χ3v) is 5.71. The maximum atomic E-state index is 12.2. The molecule has 0 saturated carbocycles. The zero-order valence-electron chi connectivity index (χ0n) is 17.7. The fourth-order valence-electron chi connectivity index (χ4n) is 2.85. The number of aryl methyl sites for hydroxylation is 1. The van der Waals surface area contributed by atoms with E-state index in [4.69, 9.17) is 4.52 Å². The number of carbonyl (C=O) groups excluding carboxylic acids is 2. The van der Waals surface area contributed by atoms with Crippen molar-refractivity contribution < 1.29 is 14.1 Å². The molecule has 0 aliphatic heterocycles. The summed E-state index contributed by atoms with van der Waals surface area (Å²) in [6, 6.07) is 19.6. The highest BCUT2D eigenvalue weighted by atomic mass is 32.2. The van der Waals surface area contributed by atoms with Crippen LogP contribution in [0, 0.1) is 6.92 Å². The van der Waals surface area contributed by atoms with E-state index in [9.17, 15) is 9.59 Å². The summed E-state index contributed by atoms with van der Waals surface area (Å²) in [5.74, 6) is 0.757. The zero-order chi connectivity index (χ0) is 22.2. The highest BCUT2D eigenvalue weighted by molar-refractivity contribution is 8.01. The number of carbonyl (C=O) groups is 2. The third-order valence-electron chi connectivity index (χ3n) is 4.56. The Bertz CT molecular complexity index is 1010. The van der Waals surface area contributed by atoms with Gasteiger partial charge in [-0.15, -0.1) is 11.8 Å². The van der Waals surface area contributed by atoms with Crippen LogP contribution in [0.5, 0.6) is 0 Å². The topological polar surface area (TPSA) is 96.3 Å². The summed E-state index contributed by atoms with van der Waals surface area (Å²) in [5, 5.41) is 12.3. The van der Waals surface area contributed by atoms with Gasteiger partial charge in [-0.3, -0.25) is 9.59 Å². The van der Waals surface area contributed by atoms with Crippen LogP contribution in [-0.4, -0.2) is 28.0 Å². The summed E-state index contributed by atoms with van der Waals surface area (Å²) in [5.41, 5.74) is 2.88. The van der Waals surface area contributed by atoms with E-state index in [1.807, 2.05) is 42.5 Å². The lowest BCUT2D eigenvalue weighted by Gasteiger charge is -2.16. The van der Waals surface area contributed by atoms with Crippen LogP contribution in [0.25, 0.3) is 0 Å². The number of thioether (sulfide) groups is 1. The molecule has 2 aromatic carbocycles. The van der Waals surface area contributed by atoms with Crippen molar-refractivity contribution in [2.24, 2.45) is 0 Å². The summed E-state index contributed by atoms with van der Waals surface area (Å²) in [7, 11) is 0. The quantitative estimate of drug-likeness (QED) is 0.442. The summed E-state index contributed by atoms with van der Waals surface area (Å²) >= 11 is 1.25. The Hall–Kier alpha value is -3.26. The van der Waals surface area contributed by atoms with Crippen molar-refractivity contribution in [3.05, 3.63) is 72.0 Å². The van der Waals surface area contributed by atoms with Crippen molar-refractivity contribution >= 4 is 40.8 Å². The molecular formula is C23H26N4O3S. The van der Waals surface area contributed by atoms with E-state index in [-0.39, 0.29) is 23.6 Å². The number of hydrogen-bond acceptors (Lipinski definition) is 6. The molecule has 0 unspecified atom stereocenters. The molecule has 1 aromatic heterocycles. The Morgan fingerprint density at radius 3 is 2.32 bits per heavy atom. The molecular weight excluding hydrogens is 412 g/mol. The molecule has 8 heteroatoms. The number of aromatic nitrogens is 1. The minimum atomic E-state index is -0.409. The van der Waals surface area contributed by atoms with Gasteiger partial charge in [-0.1, -0.05) is 35.5 Å². The SMILES string of the molecule is Cc1cc(NC(=O)[C@@H](C)SCC(=O)Nc2ccc(N[C@@H](C)c3ccccc3)cc2)no1. The highest BCUT2D eigenvalue weighted by Crippen LogP contribution is 2.21. The molecule has 0 spiro atoms. The van der Waals surface area contributed by atoms with Gasteiger partial charge in [-0.25, -0.2) is 0 Å². The van der Waals surface area contributed by atoms with Crippen molar-refractivity contribution in [1.29, 1.82) is 0 Å². The molecule has 0 bridgehead atoms. The fourth-order valence-corrected chi connectivity index (χ4v) is 3.54. The van der Waals surface area contributed by atoms with E-state index in [0.717, 1.165) is 5.69 Å². The normalized spacial score (nSPS) is 12.6. The summed E-state index contributed by atoms with van der Waals surface area (Å²) in [6.07, 6.45) is 0. The maximum Gasteiger partial charge on any atom is 0.238 e. The lowest BCUT2D eigenvalue weighted by Crippen LogP contribution is -2.25. The first-order valence-corrected chi connectivity index (χ1v) is 11.0. The number of amides is 2. The molecule has 0 aliphatic carbocycles. The molecule has 0 fully saturated rings. The molecule has 0 aliphatic rings. The Morgan fingerprint density at radius 2 is 1.68 bits per heavy atom. The number of benzene rings is 2. The Labute approximate surface area is 186 Å². The van der Waals surface area contributed by atoms with Crippen LogP contribution in [0.3, 0.4) is 0 Å². The van der Waals surface area contributed by atoms with E-state index < -0.39 is 5.25 Å². The fraction of sp³-hybridized carbons (Fsp3) is 0.261. The van der Waals surface area contributed by atoms with E-state index in [1.165, 1.54) is 17.3 Å². The third kappa shape index (κ3) is 6.89. The first-order chi connectivity index (χ1) is 14.9. The average molecular weight is 439 g/mol. The lowest BCUT2D eigenvalue weighted by molar-refractivity contribution is -0.115. The summed E-state index contributed by atoms with van der Waals surface area (Å²) in [6.45, 7) is 5.59. The number of anilines is 3. The van der Waals surface area contributed by atoms with Crippen LogP contribution in [0.2, 0.25) is 0 Å². The van der Waals surface area contributed by atoms with Crippen LogP contribution in [0.4, 0.5) is 17.2 Å². The van der Waals surface area contributed by atoms with Gasteiger partial charge in [0.1, 0.15) is 5.76 Å². The molecule has 3 aromatic rings. The van der Waals surface area contributed by atoms with Gasteiger partial charge in [-0.05, 0) is 50.6 Å². The van der Waals surface area contributed by atoms with Gasteiger partial charge in [0.15, 0.2) is 5.82 Å². The molecule has 2 atom stereocenters. The van der Waals surface area contributed by atoms with Gasteiger partial charge in [0.25, 0.3) is 0 Å². The van der Waals surface area contributed by atoms with Crippen molar-refractivity contribution in [1.82, 2.24) is 5.16 Å². The van der Waals surface area contributed by atoms with E-state index >= 15 is 0 Å². The van der Waals surface area contributed by atoms with E-state index in [1.54, 1.807) is 19.9 Å². The smallest absolute Gasteiger partial charge is 0.238 e. The van der Waals surface area contributed by atoms with Gasteiger partial charge < -0.3 is 20.5 Å². The zero-order valence-corrected chi connectivity index (χ0v) is 18.5. The second kappa shape index (κ2) is 10.7. The number of hydrogen-bond donors (Lipinski definition) is 3. The molecule has 2 amide bonds. The predicted octanol–water partition coefficient (Wildman–Crippen LogP) is 4.86. The molecule has 3 N–H and O–H groups in total. The number of nitrogens with zero attached hydrogens (tertiary/aromatic N) is 1. The average Bonchev–Trinajstić information content (AvgIpc) is 3.18. The van der Waals surface area contributed by atoms with Crippen LogP contribution in [-0.2, 0) is 9.59 Å². The first kappa shape index (κ1) is 22.4. The maximum absolute atomic E-state index is 12.2. The van der Waals surface area contributed by atoms with Gasteiger partial charge in [0.05, 0.1) is 11.0 Å². The molecule has 0 radical (unpaired) electrons. The van der Waals surface area contributed by atoms with E-state index in [2.05, 4.69) is 40.2 Å². The van der Waals surface area contributed by atoms with Crippen molar-refractivity contribution in [2.45, 2.75) is 32.1 Å². The minimum Gasteiger partial charge on any atom is -0.379 e. The van der Waals surface area contributed by atoms with Crippen molar-refractivity contribution in [3.63, 3.8) is 0 Å². The van der Waals surface area contributed by atoms with Gasteiger partial charge in [0, 0.05) is 23.5 Å². The monoisotopic (exact) mass is 438 g/mol. The van der Waals surface area contributed by atoms with Crippen molar-refractivity contribution in [2.75, 3.05) is 21.7 Å². The van der Waals surface area contributed by atoms with Gasteiger partial charge in [-0.2, -0.15) is 0 Å². The Morgan fingerprint density at radius 1 is 1.00 bits per heavy atom. The second-order valence-electron chi connectivity index (χ2n) is 7.17. The van der Waals surface area contributed by atoms with Crippen molar-refractivity contribution in [3.8, 4) is 0 Å². The highest BCUT2D eigenvalue weighted by Gasteiger charge is 2.17. The molecule has 3 rings (SSSR count). The predicted molar refractivity (Wildman–Crippen MR) is 125 cm³/mol. The van der Waals surface area contributed by atoms with Crippen LogP contribution >= 0.6 is 11.8 Å². The summed E-state index contributed by atoms with van der Waals surface area (Å²) in [4.78, 5) is 24.4. The van der Waals surface area contributed by atoms with Crippen LogP contribution in [0.15, 0.2) is 65.2 Å². The standard InChI is InChI=1S/C23H26N4O3S/c1-15-13-21(27-30-15)26-23(29)17(3)31-14-22(28)25-20-11-9-19(10-12-20)24-16(2)18-7-5-4-6-8-18/h4-13,16-17,24H,14H2,1-3H3,(H,25,28)(H,26,27,29)/t16-,17+/m0/s1. The molecule has 31 heavy (non-hydrogen) atoms. The van der Waals surface area contributed by atoms with Crippen LogP contribution < -0.4 is 16.0 Å². The molecule has 7 nitrogen and oxygen atoms in total. The van der Waals surface area contributed by atoms with E-state index in [0.29, 0.717) is 17.3 Å². The number of nitrogens with one attached hydrogen (secondary N) is 3. The Balaban J connectivity index is 1.43. The number of rotatable bonds is 9. The van der Waals surface area contributed by atoms with Gasteiger partial charge in [0.2, 0.25) is 11.8 Å². The largest absolute Gasteiger partial charge is 0.379 e. The first-order valence-electron chi connectivity index (χ1n) is 9.98.